The number of hydrogen-bond acceptors (Lipinski definition) is 9. The van der Waals surface area contributed by atoms with Crippen LogP contribution in [-0.2, 0) is 17.6 Å². The topological polar surface area (TPSA) is 137 Å². The van der Waals surface area contributed by atoms with E-state index in [4.69, 9.17) is 15.2 Å². The van der Waals surface area contributed by atoms with Gasteiger partial charge in [0.05, 0.1) is 7.11 Å². The summed E-state index contributed by atoms with van der Waals surface area (Å²) >= 11 is 0. The van der Waals surface area contributed by atoms with Crippen molar-refractivity contribution < 1.29 is 9.47 Å². The van der Waals surface area contributed by atoms with Crippen LogP contribution in [0.25, 0.3) is 0 Å². The molecule has 0 saturated carbocycles. The van der Waals surface area contributed by atoms with E-state index < -0.39 is 0 Å². The molecule has 3 rings (SSSR count). The lowest BCUT2D eigenvalue weighted by atomic mass is 9.99. The third-order valence-electron chi connectivity index (χ3n) is 5.34. The molecule has 0 radical (unpaired) electrons. The number of anilines is 2. The largest absolute Gasteiger partial charge is 0.496 e. The first-order valence-corrected chi connectivity index (χ1v) is 10.8. The third kappa shape index (κ3) is 6.13. The van der Waals surface area contributed by atoms with Crippen LogP contribution in [0, 0.1) is 6.92 Å². The van der Waals surface area contributed by atoms with Gasteiger partial charge in [-0.2, -0.15) is 10.2 Å². The molecule has 32 heavy (non-hydrogen) atoms. The maximum atomic E-state index is 5.99. The second kappa shape index (κ2) is 11.4. The van der Waals surface area contributed by atoms with Crippen LogP contribution in [0.5, 0.6) is 5.75 Å². The first kappa shape index (κ1) is 23.4. The van der Waals surface area contributed by atoms with Crippen LogP contribution in [0.4, 0.5) is 11.8 Å². The van der Waals surface area contributed by atoms with Gasteiger partial charge in [-0.15, -0.1) is 10.2 Å². The quantitative estimate of drug-likeness (QED) is 0.388. The summed E-state index contributed by atoms with van der Waals surface area (Å²) in [7, 11) is 3.39. The first-order chi connectivity index (χ1) is 15.5. The zero-order valence-corrected chi connectivity index (χ0v) is 19.2. The number of ether oxygens (including phenoxy) is 2. The highest BCUT2D eigenvalue weighted by Crippen LogP contribution is 2.28. The second-order valence-corrected chi connectivity index (χ2v) is 7.73. The minimum atomic E-state index is 0.235. The summed E-state index contributed by atoms with van der Waals surface area (Å²) in [6.45, 7) is 4.80. The maximum absolute atomic E-state index is 5.99. The molecule has 0 saturated heterocycles. The summed E-state index contributed by atoms with van der Waals surface area (Å²) in [5, 5.41) is 17.8. The normalized spacial score (nSPS) is 12.0. The molecular weight excluding hydrogens is 408 g/mol. The Morgan fingerprint density at radius 1 is 1.16 bits per heavy atom. The van der Waals surface area contributed by atoms with E-state index in [1.807, 2.05) is 19.1 Å². The molecule has 172 valence electrons. The molecule has 0 bridgehead atoms. The van der Waals surface area contributed by atoms with Crippen molar-refractivity contribution in [3.05, 3.63) is 46.4 Å². The molecule has 0 unspecified atom stereocenters. The Kier molecular flexibility index (Phi) is 8.32. The molecule has 0 amide bonds. The van der Waals surface area contributed by atoms with E-state index in [1.165, 1.54) is 0 Å². The number of nitrogens with two attached hydrogens (primary N) is 1. The summed E-state index contributed by atoms with van der Waals surface area (Å²) in [6, 6.07) is 6.30. The van der Waals surface area contributed by atoms with Gasteiger partial charge < -0.3 is 20.5 Å². The number of methoxy groups -OCH3 is 2. The molecule has 2 heterocycles. The molecule has 10 nitrogen and oxygen atoms in total. The van der Waals surface area contributed by atoms with Crippen LogP contribution >= 0.6 is 0 Å². The van der Waals surface area contributed by atoms with E-state index in [0.29, 0.717) is 25.3 Å². The van der Waals surface area contributed by atoms with Crippen molar-refractivity contribution >= 4 is 11.8 Å². The zero-order valence-electron chi connectivity index (χ0n) is 19.2. The van der Waals surface area contributed by atoms with Crippen LogP contribution < -0.4 is 15.8 Å². The number of tetrazole rings is 1. The summed E-state index contributed by atoms with van der Waals surface area (Å²) in [5.74, 6) is 2.45. The fourth-order valence-electron chi connectivity index (χ4n) is 3.75. The summed E-state index contributed by atoms with van der Waals surface area (Å²) in [6.07, 6.45) is 4.12. The van der Waals surface area contributed by atoms with Crippen molar-refractivity contribution in [1.29, 1.82) is 0 Å². The number of H-pyrrole nitrogens is 1. The van der Waals surface area contributed by atoms with Crippen molar-refractivity contribution in [2.24, 2.45) is 0 Å². The fourth-order valence-corrected chi connectivity index (χ4v) is 3.75. The molecule has 2 aromatic heterocycles. The van der Waals surface area contributed by atoms with Crippen LogP contribution in [0.15, 0.2) is 18.2 Å². The Morgan fingerprint density at radius 3 is 2.69 bits per heavy atom. The van der Waals surface area contributed by atoms with Crippen molar-refractivity contribution in [2.45, 2.75) is 52.0 Å². The van der Waals surface area contributed by atoms with Crippen molar-refractivity contribution in [3.63, 3.8) is 0 Å². The highest BCUT2D eigenvalue weighted by atomic mass is 16.5. The number of aromatic nitrogens is 6. The van der Waals surface area contributed by atoms with E-state index >= 15 is 0 Å². The van der Waals surface area contributed by atoms with Crippen molar-refractivity contribution in [3.8, 4) is 5.75 Å². The van der Waals surface area contributed by atoms with Gasteiger partial charge in [0.15, 0.2) is 5.82 Å². The van der Waals surface area contributed by atoms with E-state index in [1.54, 1.807) is 14.2 Å². The predicted molar refractivity (Wildman–Crippen MR) is 123 cm³/mol. The predicted octanol–water partition coefficient (Wildman–Crippen LogP) is 2.69. The van der Waals surface area contributed by atoms with Gasteiger partial charge in [-0.1, -0.05) is 30.7 Å². The highest BCUT2D eigenvalue weighted by Gasteiger charge is 2.18. The van der Waals surface area contributed by atoms with E-state index in [-0.39, 0.29) is 12.0 Å². The molecule has 3 aromatic rings. The molecule has 0 aliphatic heterocycles. The molecule has 10 heteroatoms. The Hall–Kier alpha value is -3.27. The Morgan fingerprint density at radius 2 is 2.00 bits per heavy atom. The summed E-state index contributed by atoms with van der Waals surface area (Å²) in [5.41, 5.74) is 9.92. The number of aryl methyl sites for hydroxylation is 1. The number of hydrogen-bond donors (Lipinski definition) is 3. The van der Waals surface area contributed by atoms with Gasteiger partial charge in [-0.05, 0) is 37.0 Å². The monoisotopic (exact) mass is 440 g/mol. The van der Waals surface area contributed by atoms with E-state index in [9.17, 15) is 0 Å². The number of nitrogens with one attached hydrogen (secondary N) is 2. The van der Waals surface area contributed by atoms with Gasteiger partial charge in [0, 0.05) is 43.9 Å². The molecule has 1 atom stereocenters. The molecule has 0 aliphatic carbocycles. The van der Waals surface area contributed by atoms with E-state index in [0.717, 1.165) is 53.2 Å². The summed E-state index contributed by atoms with van der Waals surface area (Å²) in [4.78, 5) is 8.95. The molecule has 0 aliphatic rings. The number of aromatic amines is 1. The average Bonchev–Trinajstić information content (AvgIpc) is 3.28. The maximum Gasteiger partial charge on any atom is 0.222 e. The third-order valence-corrected chi connectivity index (χ3v) is 5.34. The Balaban J connectivity index is 1.92. The highest BCUT2D eigenvalue weighted by molar-refractivity contribution is 5.54. The SMILES string of the molecule is CCC[C@@H](CCOC)Nc1nc(N)nc(C)c1Cc1cc(Cc2nn[nH]n2)ccc1OC. The molecule has 4 N–H and O–H groups in total. The number of rotatable bonds is 12. The van der Waals surface area contributed by atoms with Gasteiger partial charge in [-0.3, -0.25) is 0 Å². The molecule has 1 aromatic carbocycles. The zero-order chi connectivity index (χ0) is 22.9. The molecule has 0 fully saturated rings. The van der Waals surface area contributed by atoms with Gasteiger partial charge in [0.2, 0.25) is 5.95 Å². The first-order valence-electron chi connectivity index (χ1n) is 10.8. The van der Waals surface area contributed by atoms with Crippen LogP contribution in [0.3, 0.4) is 0 Å². The fraction of sp³-hybridized carbons (Fsp3) is 0.500. The van der Waals surface area contributed by atoms with Gasteiger partial charge >= 0.3 is 0 Å². The van der Waals surface area contributed by atoms with Crippen LogP contribution in [0.2, 0.25) is 0 Å². The lowest BCUT2D eigenvalue weighted by molar-refractivity contribution is 0.188. The second-order valence-electron chi connectivity index (χ2n) is 7.73. The van der Waals surface area contributed by atoms with Gasteiger partial charge in [0.25, 0.3) is 0 Å². The minimum absolute atomic E-state index is 0.235. The smallest absolute Gasteiger partial charge is 0.222 e. The van der Waals surface area contributed by atoms with Crippen LogP contribution in [0.1, 0.15) is 54.4 Å². The van der Waals surface area contributed by atoms with E-state index in [2.05, 4.69) is 48.9 Å². The average molecular weight is 441 g/mol. The van der Waals surface area contributed by atoms with Gasteiger partial charge in [-0.25, -0.2) is 4.98 Å². The standard InChI is InChI=1S/C22H32N8O2/c1-5-6-17(9-10-31-3)25-21-18(14(2)24-22(23)26-21)13-16-11-15(7-8-19(16)32-4)12-20-27-29-30-28-20/h7-8,11,17H,5-6,9-10,12-13H2,1-4H3,(H3,23,24,25,26)(H,27,28,29,30)/t17-/m0/s1. The summed E-state index contributed by atoms with van der Waals surface area (Å²) < 4.78 is 10.9. The number of benzene rings is 1. The van der Waals surface area contributed by atoms with Crippen molar-refractivity contribution in [1.82, 2.24) is 30.6 Å². The minimum Gasteiger partial charge on any atom is -0.496 e. The number of nitrogen functional groups attached to an aromatic ring is 1. The molecular formula is C22H32N8O2. The Bertz CT molecular complexity index is 994. The number of nitrogens with zero attached hydrogens (tertiary/aromatic N) is 5. The van der Waals surface area contributed by atoms with Gasteiger partial charge in [0.1, 0.15) is 11.6 Å². The lowest BCUT2D eigenvalue weighted by Crippen LogP contribution is -2.23. The molecule has 0 spiro atoms. The van der Waals surface area contributed by atoms with Crippen molar-refractivity contribution in [2.75, 3.05) is 31.9 Å². The van der Waals surface area contributed by atoms with Crippen LogP contribution in [-0.4, -0.2) is 57.5 Å². The Labute approximate surface area is 188 Å². The lowest BCUT2D eigenvalue weighted by Gasteiger charge is -2.22.